The van der Waals surface area contributed by atoms with Crippen molar-refractivity contribution in [3.05, 3.63) is 64.3 Å². The van der Waals surface area contributed by atoms with Gasteiger partial charge in [-0.15, -0.1) is 0 Å². The summed E-state index contributed by atoms with van der Waals surface area (Å²) in [7, 11) is 0. The minimum Gasteiger partial charge on any atom is -0.507 e. The normalized spacial score (nSPS) is 24.0. The highest BCUT2D eigenvalue weighted by Gasteiger charge is 2.64. The predicted molar refractivity (Wildman–Crippen MR) is 120 cm³/mol. The van der Waals surface area contributed by atoms with Gasteiger partial charge in [-0.1, -0.05) is 52.0 Å². The van der Waals surface area contributed by atoms with E-state index < -0.39 is 29.7 Å². The summed E-state index contributed by atoms with van der Waals surface area (Å²) in [6.07, 6.45) is -1.89. The Bertz CT molecular complexity index is 1080. The van der Waals surface area contributed by atoms with Crippen molar-refractivity contribution in [3.8, 4) is 5.75 Å². The molecule has 0 amide bonds. The van der Waals surface area contributed by atoms with Crippen LogP contribution < -0.4 is 10.6 Å². The van der Waals surface area contributed by atoms with Crippen molar-refractivity contribution < 1.29 is 23.4 Å². The molecular weight excluding hydrogens is 417 g/mol. The lowest BCUT2D eigenvalue weighted by atomic mass is 9.62. The number of phenols is 1. The Morgan fingerprint density at radius 2 is 1.88 bits per heavy atom. The third-order valence-electron chi connectivity index (χ3n) is 6.69. The van der Waals surface area contributed by atoms with Crippen molar-refractivity contribution in [2.75, 3.05) is 5.32 Å². The highest BCUT2D eigenvalue weighted by Crippen LogP contribution is 2.57. The maximum Gasteiger partial charge on any atom is 0.419 e. The van der Waals surface area contributed by atoms with Gasteiger partial charge < -0.3 is 20.8 Å². The lowest BCUT2D eigenvalue weighted by Crippen LogP contribution is -2.58. The van der Waals surface area contributed by atoms with Crippen LogP contribution in [0.5, 0.6) is 5.75 Å². The zero-order valence-electron chi connectivity index (χ0n) is 18.6. The fraction of sp³-hybridized carbons (Fsp3) is 0.440. The highest BCUT2D eigenvalue weighted by atomic mass is 19.4. The molecule has 0 radical (unpaired) electrons. The van der Waals surface area contributed by atoms with E-state index in [-0.39, 0.29) is 17.2 Å². The van der Waals surface area contributed by atoms with E-state index in [4.69, 9.17) is 0 Å². The Kier molecular flexibility index (Phi) is 5.24. The van der Waals surface area contributed by atoms with E-state index in [1.807, 2.05) is 19.9 Å². The van der Waals surface area contributed by atoms with Crippen LogP contribution in [0.4, 0.5) is 18.9 Å². The third-order valence-corrected chi connectivity index (χ3v) is 6.69. The quantitative estimate of drug-likeness (QED) is 0.487. The molecule has 0 saturated heterocycles. The average Bonchev–Trinajstić information content (AvgIpc) is 2.69. The smallest absolute Gasteiger partial charge is 0.419 e. The summed E-state index contributed by atoms with van der Waals surface area (Å²) in [6, 6.07) is 7.20. The number of hydrogen-bond donors (Lipinski definition) is 4. The van der Waals surface area contributed by atoms with Crippen LogP contribution in [0.3, 0.4) is 0 Å². The molecule has 1 heterocycles. The van der Waals surface area contributed by atoms with E-state index in [1.54, 1.807) is 50.4 Å². The Morgan fingerprint density at radius 1 is 1.16 bits per heavy atom. The second-order valence-electron chi connectivity index (χ2n) is 9.77. The molecule has 0 bridgehead atoms. The fourth-order valence-corrected chi connectivity index (χ4v) is 5.18. The van der Waals surface area contributed by atoms with E-state index in [9.17, 15) is 23.4 Å². The summed E-state index contributed by atoms with van der Waals surface area (Å²) < 4.78 is 43.2. The first-order chi connectivity index (χ1) is 14.9. The van der Waals surface area contributed by atoms with Crippen molar-refractivity contribution >= 4 is 11.8 Å². The minimum absolute atomic E-state index is 0.00437. The van der Waals surface area contributed by atoms with Crippen LogP contribution in [-0.2, 0) is 12.0 Å². The van der Waals surface area contributed by atoms with Gasteiger partial charge in [0.05, 0.1) is 6.04 Å². The molecule has 4 rings (SSSR count). The molecule has 0 spiro atoms. The van der Waals surface area contributed by atoms with Gasteiger partial charge in [0, 0.05) is 23.4 Å². The van der Waals surface area contributed by atoms with Crippen LogP contribution in [0.15, 0.2) is 36.5 Å². The molecule has 2 atom stereocenters. The van der Waals surface area contributed by atoms with Crippen molar-refractivity contribution in [2.24, 2.45) is 0 Å². The Morgan fingerprint density at radius 3 is 2.53 bits per heavy atom. The lowest BCUT2D eigenvalue weighted by Gasteiger charge is -2.49. The third kappa shape index (κ3) is 3.43. The van der Waals surface area contributed by atoms with Crippen molar-refractivity contribution in [1.29, 1.82) is 0 Å². The number of fused-ring (bicyclic) bond motifs is 2. The van der Waals surface area contributed by atoms with Crippen molar-refractivity contribution in [3.63, 3.8) is 0 Å². The Labute approximate surface area is 186 Å². The highest BCUT2D eigenvalue weighted by molar-refractivity contribution is 5.72. The minimum atomic E-state index is -4.88. The standard InChI is InChI=1S/C25H29F3N2O2/c1-14(2)16-8-9-18-20(21(16)31)23(3,4)13-24(32,25(26,27)28)22(18)30-19-7-5-6-15-12-29-11-10-17(15)19/h5-11,14,22,29-32H,12-13H2,1-4H3. The van der Waals surface area contributed by atoms with E-state index in [1.165, 1.54) is 0 Å². The predicted octanol–water partition coefficient (Wildman–Crippen LogP) is 5.72. The molecule has 2 unspecified atom stereocenters. The zero-order chi connectivity index (χ0) is 23.5. The second kappa shape index (κ2) is 7.44. The maximum absolute atomic E-state index is 14.4. The molecule has 1 aliphatic heterocycles. The number of halogens is 3. The molecule has 4 N–H and O–H groups in total. The van der Waals surface area contributed by atoms with Gasteiger partial charge in [-0.25, -0.2) is 0 Å². The molecule has 1 aliphatic carbocycles. The number of benzene rings is 2. The fourth-order valence-electron chi connectivity index (χ4n) is 5.18. The van der Waals surface area contributed by atoms with E-state index in [0.29, 0.717) is 23.4 Å². The molecule has 172 valence electrons. The number of phenolic OH excluding ortho intramolecular Hbond substituents is 1. The number of nitrogens with one attached hydrogen (secondary N) is 2. The summed E-state index contributed by atoms with van der Waals surface area (Å²) in [5, 5.41) is 28.4. The van der Waals surface area contributed by atoms with Crippen molar-refractivity contribution in [1.82, 2.24) is 5.32 Å². The first-order valence-electron chi connectivity index (χ1n) is 10.8. The van der Waals surface area contributed by atoms with Gasteiger partial charge in [0.1, 0.15) is 5.75 Å². The second-order valence-corrected chi connectivity index (χ2v) is 9.77. The van der Waals surface area contributed by atoms with E-state index in [2.05, 4.69) is 10.6 Å². The Balaban J connectivity index is 1.93. The zero-order valence-corrected chi connectivity index (χ0v) is 18.6. The summed E-state index contributed by atoms with van der Waals surface area (Å²) in [5.74, 6) is 0.0161. The summed E-state index contributed by atoms with van der Waals surface area (Å²) in [5.41, 5.74) is -0.477. The van der Waals surface area contributed by atoms with Gasteiger partial charge in [-0.3, -0.25) is 0 Å². The molecule has 0 saturated carbocycles. The van der Waals surface area contributed by atoms with Gasteiger partial charge in [-0.05, 0) is 52.8 Å². The maximum atomic E-state index is 14.4. The van der Waals surface area contributed by atoms with Crippen LogP contribution in [0.25, 0.3) is 6.08 Å². The van der Waals surface area contributed by atoms with Gasteiger partial charge in [0.2, 0.25) is 0 Å². The van der Waals surface area contributed by atoms with Gasteiger partial charge in [-0.2, -0.15) is 13.2 Å². The number of rotatable bonds is 3. The summed E-state index contributed by atoms with van der Waals surface area (Å²) in [4.78, 5) is 0. The topological polar surface area (TPSA) is 64.5 Å². The van der Waals surface area contributed by atoms with Gasteiger partial charge in [0.15, 0.2) is 5.60 Å². The summed E-state index contributed by atoms with van der Waals surface area (Å²) in [6.45, 7) is 7.70. The number of aromatic hydroxyl groups is 1. The molecule has 2 aliphatic rings. The monoisotopic (exact) mass is 446 g/mol. The lowest BCUT2D eigenvalue weighted by molar-refractivity contribution is -0.276. The summed E-state index contributed by atoms with van der Waals surface area (Å²) >= 11 is 0. The molecule has 0 fully saturated rings. The number of anilines is 1. The van der Waals surface area contributed by atoms with E-state index in [0.717, 1.165) is 11.1 Å². The van der Waals surface area contributed by atoms with Crippen molar-refractivity contribution in [2.45, 2.75) is 69.8 Å². The number of hydrogen-bond acceptors (Lipinski definition) is 4. The molecule has 0 aromatic heterocycles. The van der Waals surface area contributed by atoms with E-state index >= 15 is 0 Å². The van der Waals surface area contributed by atoms with Gasteiger partial charge >= 0.3 is 6.18 Å². The molecule has 4 nitrogen and oxygen atoms in total. The Hall–Kier alpha value is -2.67. The van der Waals surface area contributed by atoms with Crippen LogP contribution in [0.2, 0.25) is 0 Å². The number of aliphatic hydroxyl groups is 1. The van der Waals surface area contributed by atoms with Gasteiger partial charge in [0.25, 0.3) is 0 Å². The first kappa shape index (κ1) is 22.5. The first-order valence-corrected chi connectivity index (χ1v) is 10.8. The average molecular weight is 447 g/mol. The largest absolute Gasteiger partial charge is 0.507 e. The van der Waals surface area contributed by atoms with Crippen LogP contribution >= 0.6 is 0 Å². The van der Waals surface area contributed by atoms with Crippen LogP contribution in [-0.4, -0.2) is 22.0 Å². The molecule has 32 heavy (non-hydrogen) atoms. The SMILES string of the molecule is CC(C)c1ccc2c(c1O)C(C)(C)CC(O)(C(F)(F)F)C2Nc1cccc2c1C=CNC2. The van der Waals surface area contributed by atoms with Crippen LogP contribution in [0.1, 0.15) is 73.9 Å². The number of alkyl halides is 3. The van der Waals surface area contributed by atoms with Crippen LogP contribution in [0, 0.1) is 0 Å². The molecule has 2 aromatic carbocycles. The molecular formula is C25H29F3N2O2. The molecule has 7 heteroatoms. The molecule has 2 aromatic rings.